The van der Waals surface area contributed by atoms with Crippen molar-refractivity contribution in [3.8, 4) is 5.75 Å². The molecule has 8 heteroatoms. The van der Waals surface area contributed by atoms with Gasteiger partial charge in [-0.15, -0.1) is 12.4 Å². The minimum Gasteiger partial charge on any atom is -0.485 e. The normalized spacial score (nSPS) is 26.6. The van der Waals surface area contributed by atoms with Crippen molar-refractivity contribution < 1.29 is 19.5 Å². The third kappa shape index (κ3) is 3.28. The highest BCUT2D eigenvalue weighted by Gasteiger charge is 2.46. The van der Waals surface area contributed by atoms with Crippen LogP contribution in [0.2, 0.25) is 0 Å². The highest BCUT2D eigenvalue weighted by molar-refractivity contribution is 5.85. The molecule has 1 aromatic carbocycles. The number of nitro groups is 1. The lowest BCUT2D eigenvalue weighted by Crippen LogP contribution is -2.55. The van der Waals surface area contributed by atoms with E-state index in [-0.39, 0.29) is 24.1 Å². The van der Waals surface area contributed by atoms with Crippen LogP contribution in [0.1, 0.15) is 25.5 Å². The first-order valence-corrected chi connectivity index (χ1v) is 7.37. The van der Waals surface area contributed by atoms with E-state index in [1.165, 1.54) is 12.1 Å². The van der Waals surface area contributed by atoms with Crippen molar-refractivity contribution in [3.05, 3.63) is 33.9 Å². The number of nitro benzene ring substituents is 1. The van der Waals surface area contributed by atoms with E-state index in [1.54, 1.807) is 6.07 Å². The molecule has 1 fully saturated rings. The maximum Gasteiger partial charge on any atom is 0.270 e. The molecule has 7 nitrogen and oxygen atoms in total. The molecule has 0 amide bonds. The van der Waals surface area contributed by atoms with Crippen molar-refractivity contribution in [1.29, 1.82) is 0 Å². The summed E-state index contributed by atoms with van der Waals surface area (Å²) in [4.78, 5) is 12.7. The minimum absolute atomic E-state index is 0. The molecule has 2 heterocycles. The second-order valence-electron chi connectivity index (χ2n) is 6.22. The monoisotopic (exact) mass is 344 g/mol. The van der Waals surface area contributed by atoms with Crippen molar-refractivity contribution in [3.63, 3.8) is 0 Å². The summed E-state index contributed by atoms with van der Waals surface area (Å²) in [5, 5.41) is 21.8. The first-order valence-electron chi connectivity index (χ1n) is 7.37. The van der Waals surface area contributed by atoms with Gasteiger partial charge in [0.2, 0.25) is 0 Å². The smallest absolute Gasteiger partial charge is 0.270 e. The number of aliphatic hydroxyl groups is 1. The van der Waals surface area contributed by atoms with E-state index >= 15 is 0 Å². The number of rotatable bonds is 2. The van der Waals surface area contributed by atoms with Gasteiger partial charge in [-0.3, -0.25) is 15.0 Å². The van der Waals surface area contributed by atoms with Crippen LogP contribution in [-0.2, 0) is 4.74 Å². The van der Waals surface area contributed by atoms with Crippen LogP contribution in [0.15, 0.2) is 18.2 Å². The van der Waals surface area contributed by atoms with Crippen LogP contribution in [0, 0.1) is 10.1 Å². The molecule has 2 atom stereocenters. The van der Waals surface area contributed by atoms with Crippen molar-refractivity contribution in [2.24, 2.45) is 0 Å². The number of nitrogens with zero attached hydrogens (tertiary/aromatic N) is 2. The first kappa shape index (κ1) is 17.9. The number of morpholine rings is 1. The molecule has 1 N–H and O–H groups in total. The van der Waals surface area contributed by atoms with Crippen LogP contribution >= 0.6 is 12.4 Å². The number of ether oxygens (including phenoxy) is 2. The summed E-state index contributed by atoms with van der Waals surface area (Å²) >= 11 is 0. The highest BCUT2D eigenvalue weighted by atomic mass is 35.5. The zero-order chi connectivity index (χ0) is 15.9. The Kier molecular flexibility index (Phi) is 5.15. The lowest BCUT2D eigenvalue weighted by atomic mass is 9.85. The largest absolute Gasteiger partial charge is 0.485 e. The fourth-order valence-corrected chi connectivity index (χ4v) is 3.12. The van der Waals surface area contributed by atoms with Gasteiger partial charge in [-0.05, 0) is 19.9 Å². The Morgan fingerprint density at radius 1 is 1.35 bits per heavy atom. The molecule has 2 aliphatic rings. The number of benzene rings is 1. The molecule has 23 heavy (non-hydrogen) atoms. The third-order valence-electron chi connectivity index (χ3n) is 4.35. The molecular weight excluding hydrogens is 324 g/mol. The Hall–Kier alpha value is -1.41. The lowest BCUT2D eigenvalue weighted by Gasteiger charge is -2.47. The van der Waals surface area contributed by atoms with Crippen LogP contribution in [0.5, 0.6) is 5.75 Å². The number of fused-ring (bicyclic) bond motifs is 1. The molecule has 0 unspecified atom stereocenters. The average Bonchev–Trinajstić information content (AvgIpc) is 2.48. The summed E-state index contributed by atoms with van der Waals surface area (Å²) in [6.07, 6.45) is -0.778. The van der Waals surface area contributed by atoms with Crippen LogP contribution in [0.4, 0.5) is 5.69 Å². The molecule has 0 aliphatic carbocycles. The van der Waals surface area contributed by atoms with Gasteiger partial charge in [0.15, 0.2) is 0 Å². The fourth-order valence-electron chi connectivity index (χ4n) is 3.12. The molecule has 1 aromatic rings. The summed E-state index contributed by atoms with van der Waals surface area (Å²) in [5.41, 5.74) is -0.0815. The summed E-state index contributed by atoms with van der Waals surface area (Å²) in [5.74, 6) is 0.595. The second kappa shape index (κ2) is 6.60. The molecular formula is C15H21ClN2O5. The maximum absolute atomic E-state index is 11.0. The van der Waals surface area contributed by atoms with Crippen molar-refractivity contribution in [2.45, 2.75) is 31.6 Å². The van der Waals surface area contributed by atoms with Gasteiger partial charge >= 0.3 is 0 Å². The van der Waals surface area contributed by atoms with E-state index < -0.39 is 16.6 Å². The van der Waals surface area contributed by atoms with E-state index in [2.05, 4.69) is 4.90 Å². The summed E-state index contributed by atoms with van der Waals surface area (Å²) < 4.78 is 11.2. The van der Waals surface area contributed by atoms with E-state index in [1.807, 2.05) is 13.8 Å². The van der Waals surface area contributed by atoms with Crippen molar-refractivity contribution in [2.75, 3.05) is 26.3 Å². The zero-order valence-corrected chi connectivity index (χ0v) is 13.9. The van der Waals surface area contributed by atoms with E-state index in [0.717, 1.165) is 0 Å². The van der Waals surface area contributed by atoms with E-state index in [4.69, 9.17) is 9.47 Å². The predicted octanol–water partition coefficient (Wildman–Crippen LogP) is 1.92. The van der Waals surface area contributed by atoms with Crippen LogP contribution in [0.3, 0.4) is 0 Å². The Balaban J connectivity index is 0.00000192. The SMILES string of the molecule is CC1(C)Oc2ccc([N+](=O)[O-])cc2[C@H](N2CCOCC2)[C@H]1O.Cl. The van der Waals surface area contributed by atoms with Crippen molar-refractivity contribution >= 4 is 18.1 Å². The quantitative estimate of drug-likeness (QED) is 0.651. The second-order valence-corrected chi connectivity index (χ2v) is 6.22. The van der Waals surface area contributed by atoms with Crippen molar-refractivity contribution in [1.82, 2.24) is 4.90 Å². The Labute approximate surface area is 140 Å². The predicted molar refractivity (Wildman–Crippen MR) is 86.2 cm³/mol. The zero-order valence-electron chi connectivity index (χ0n) is 13.1. The van der Waals surface area contributed by atoms with E-state index in [9.17, 15) is 15.2 Å². The first-order chi connectivity index (χ1) is 10.4. The van der Waals surface area contributed by atoms with Crippen LogP contribution < -0.4 is 4.74 Å². The van der Waals surface area contributed by atoms with Gasteiger partial charge in [-0.2, -0.15) is 0 Å². The molecule has 1 saturated heterocycles. The van der Waals surface area contributed by atoms with Gasteiger partial charge in [-0.1, -0.05) is 0 Å². The standard InChI is InChI=1S/C15H20N2O5.ClH/c1-15(2)14(18)13(16-5-7-21-8-6-16)11-9-10(17(19)20)3-4-12(11)22-15;/h3-4,9,13-14,18H,5-8H2,1-2H3;1H/t13-,14+;/m0./s1. The molecule has 0 spiro atoms. The van der Waals surface area contributed by atoms with Gasteiger partial charge in [-0.25, -0.2) is 0 Å². The lowest BCUT2D eigenvalue weighted by molar-refractivity contribution is -0.385. The molecule has 0 aromatic heterocycles. The number of hydrogen-bond donors (Lipinski definition) is 1. The highest BCUT2D eigenvalue weighted by Crippen LogP contribution is 2.44. The summed E-state index contributed by atoms with van der Waals surface area (Å²) in [6.45, 7) is 6.20. The molecule has 3 rings (SSSR count). The third-order valence-corrected chi connectivity index (χ3v) is 4.35. The fraction of sp³-hybridized carbons (Fsp3) is 0.600. The van der Waals surface area contributed by atoms with Gasteiger partial charge in [0.25, 0.3) is 5.69 Å². The number of hydrogen-bond acceptors (Lipinski definition) is 6. The minimum atomic E-state index is -0.778. The topological polar surface area (TPSA) is 85.1 Å². The molecule has 0 radical (unpaired) electrons. The molecule has 2 aliphatic heterocycles. The van der Waals surface area contributed by atoms with E-state index in [0.29, 0.717) is 37.6 Å². The van der Waals surface area contributed by atoms with Gasteiger partial charge in [0, 0.05) is 30.8 Å². The number of aliphatic hydroxyl groups excluding tert-OH is 1. The Morgan fingerprint density at radius 2 is 2.00 bits per heavy atom. The Bertz CT molecular complexity index is 589. The van der Waals surface area contributed by atoms with Gasteiger partial charge < -0.3 is 14.6 Å². The number of non-ortho nitro benzene ring substituents is 1. The van der Waals surface area contributed by atoms with Crippen LogP contribution in [0.25, 0.3) is 0 Å². The average molecular weight is 345 g/mol. The van der Waals surface area contributed by atoms with Gasteiger partial charge in [0.1, 0.15) is 17.5 Å². The van der Waals surface area contributed by atoms with Crippen LogP contribution in [-0.4, -0.2) is 52.9 Å². The Morgan fingerprint density at radius 3 is 2.61 bits per heavy atom. The molecule has 0 bridgehead atoms. The summed E-state index contributed by atoms with van der Waals surface area (Å²) in [6, 6.07) is 4.23. The maximum atomic E-state index is 11.0. The molecule has 128 valence electrons. The summed E-state index contributed by atoms with van der Waals surface area (Å²) in [7, 11) is 0. The molecule has 0 saturated carbocycles. The van der Waals surface area contributed by atoms with Gasteiger partial charge in [0.05, 0.1) is 24.2 Å². The number of halogens is 1.